The number of hydrogen-bond donors (Lipinski definition) is 1. The van der Waals surface area contributed by atoms with Gasteiger partial charge in [-0.1, -0.05) is 0 Å². The summed E-state index contributed by atoms with van der Waals surface area (Å²) in [6.45, 7) is 10.2. The van der Waals surface area contributed by atoms with Crippen molar-refractivity contribution in [2.24, 2.45) is 0 Å². The number of anilines is 1. The van der Waals surface area contributed by atoms with Crippen LogP contribution >= 0.6 is 11.3 Å². The third-order valence-electron chi connectivity index (χ3n) is 11.2. The molecule has 12 nitrogen and oxygen atoms in total. The minimum Gasteiger partial charge on any atom is -0.493 e. The number of nitrogens with zero attached hydrogens (tertiary/aromatic N) is 7. The second-order valence-corrected chi connectivity index (χ2v) is 16.2. The lowest BCUT2D eigenvalue weighted by molar-refractivity contribution is -0.0366. The van der Waals surface area contributed by atoms with E-state index in [0.717, 1.165) is 99.0 Å². The minimum atomic E-state index is -1.08. The van der Waals surface area contributed by atoms with Crippen LogP contribution in [-0.4, -0.2) is 111 Å². The van der Waals surface area contributed by atoms with Crippen molar-refractivity contribution in [3.8, 4) is 23.0 Å². The fourth-order valence-electron chi connectivity index (χ4n) is 8.88. The first-order chi connectivity index (χ1) is 25.2. The van der Waals surface area contributed by atoms with Gasteiger partial charge in [0.05, 0.1) is 65.0 Å². The highest BCUT2D eigenvalue weighted by Gasteiger charge is 2.49. The number of thiophene rings is 1. The fraction of sp³-hybridized carbons (Fsp3) is 0.579. The van der Waals surface area contributed by atoms with Crippen LogP contribution < -0.4 is 14.4 Å². The number of alkyl halides is 1. The Morgan fingerprint density at radius 3 is 2.88 bits per heavy atom. The van der Waals surface area contributed by atoms with Crippen LogP contribution in [0.3, 0.4) is 0 Å². The number of pyridine rings is 1. The van der Waals surface area contributed by atoms with E-state index in [4.69, 9.17) is 39.0 Å². The molecule has 4 fully saturated rings. The molecule has 0 radical (unpaired) electrons. The largest absolute Gasteiger partial charge is 0.493 e. The zero-order valence-corrected chi connectivity index (χ0v) is 30.9. The summed E-state index contributed by atoms with van der Waals surface area (Å²) in [7, 11) is 0. The molecule has 0 spiro atoms. The normalized spacial score (nSPS) is 27.1. The van der Waals surface area contributed by atoms with Gasteiger partial charge < -0.3 is 29.0 Å². The van der Waals surface area contributed by atoms with Gasteiger partial charge in [0.2, 0.25) is 0 Å². The summed E-state index contributed by atoms with van der Waals surface area (Å²) in [5, 5.41) is 18.9. The average molecular weight is 732 g/mol. The highest BCUT2D eigenvalue weighted by atomic mass is 32.1. The molecule has 52 heavy (non-hydrogen) atoms. The number of aliphatic hydroxyl groups is 1. The van der Waals surface area contributed by atoms with Gasteiger partial charge in [-0.25, -0.2) is 9.07 Å². The van der Waals surface area contributed by atoms with E-state index >= 15 is 0 Å². The molecule has 4 atom stereocenters. The van der Waals surface area contributed by atoms with E-state index in [-0.39, 0.29) is 24.4 Å². The second-order valence-electron chi connectivity index (χ2n) is 15.2. The third-order valence-corrected chi connectivity index (χ3v) is 12.3. The van der Waals surface area contributed by atoms with Gasteiger partial charge in [-0.2, -0.15) is 15.1 Å². The third kappa shape index (κ3) is 5.87. The standard InChI is InChI=1S/C38H46FN7O5S/c1-4-49-32-23(2)16-27-26(18-41-46(27)28-8-5-6-14-50-28)29(32)31-33-25(9-11-40-31)30-34(44-13-15-48-21-37(3,47)20-44)42-36(43-35(30)52-33)51-22-38-10-7-12-45(38)19-24(39)17-38/h9,11,16,18,24,28,47H,4-8,10,12-15,17,19-22H2,1-3H3/t24-,28?,37+,38+/m1/s1. The van der Waals surface area contributed by atoms with Crippen LogP contribution in [0, 0.1) is 6.92 Å². The summed E-state index contributed by atoms with van der Waals surface area (Å²) in [5.41, 5.74) is 2.21. The maximum absolute atomic E-state index is 14.6. The smallest absolute Gasteiger partial charge is 0.319 e. The first-order valence-electron chi connectivity index (χ1n) is 18.7. The zero-order valence-electron chi connectivity index (χ0n) is 30.1. The van der Waals surface area contributed by atoms with E-state index in [1.807, 2.05) is 30.1 Å². The molecule has 9 rings (SSSR count). The molecule has 8 heterocycles. The minimum absolute atomic E-state index is 0.119. The van der Waals surface area contributed by atoms with Crippen molar-refractivity contribution < 1.29 is 28.4 Å². The van der Waals surface area contributed by atoms with Gasteiger partial charge in [-0.15, -0.1) is 11.3 Å². The van der Waals surface area contributed by atoms with Gasteiger partial charge in [-0.05, 0) is 77.1 Å². The number of ether oxygens (including phenoxy) is 4. The first-order valence-corrected chi connectivity index (χ1v) is 19.5. The molecule has 14 heteroatoms. The number of β-amino-alcohol motifs (C(OH)–C–C–N with tert-alkyl or cyclic N) is 1. The van der Waals surface area contributed by atoms with E-state index in [9.17, 15) is 9.50 Å². The van der Waals surface area contributed by atoms with Crippen LogP contribution in [0.1, 0.15) is 64.2 Å². The summed E-state index contributed by atoms with van der Waals surface area (Å²) in [5.74, 6) is 1.45. The number of benzene rings is 1. The van der Waals surface area contributed by atoms with Gasteiger partial charge in [0.1, 0.15) is 34.8 Å². The van der Waals surface area contributed by atoms with Gasteiger partial charge in [0, 0.05) is 43.1 Å². The zero-order chi connectivity index (χ0) is 35.6. The van der Waals surface area contributed by atoms with E-state index in [0.29, 0.717) is 51.7 Å². The molecule has 1 unspecified atom stereocenters. The van der Waals surface area contributed by atoms with E-state index < -0.39 is 11.8 Å². The number of halogens is 1. The number of aromatic nitrogens is 5. The molecule has 1 N–H and O–H groups in total. The second kappa shape index (κ2) is 13.3. The molecule has 1 aromatic carbocycles. The van der Waals surface area contributed by atoms with Crippen molar-refractivity contribution in [3.05, 3.63) is 30.1 Å². The molecule has 276 valence electrons. The molecule has 0 aliphatic carbocycles. The van der Waals surface area contributed by atoms with Crippen LogP contribution in [0.15, 0.2) is 24.5 Å². The van der Waals surface area contributed by atoms with E-state index in [1.165, 1.54) is 0 Å². The predicted molar refractivity (Wildman–Crippen MR) is 198 cm³/mol. The van der Waals surface area contributed by atoms with E-state index in [2.05, 4.69) is 22.8 Å². The highest BCUT2D eigenvalue weighted by Crippen LogP contribution is 2.48. The van der Waals surface area contributed by atoms with Crippen molar-refractivity contribution in [2.75, 3.05) is 64.1 Å². The molecule has 4 aliphatic heterocycles. The predicted octanol–water partition coefficient (Wildman–Crippen LogP) is 6.21. The molecule has 0 bridgehead atoms. The van der Waals surface area contributed by atoms with Crippen LogP contribution in [0.25, 0.3) is 42.5 Å². The topological polar surface area (TPSA) is 120 Å². The van der Waals surface area contributed by atoms with Crippen molar-refractivity contribution in [1.29, 1.82) is 0 Å². The maximum Gasteiger partial charge on any atom is 0.319 e. The van der Waals surface area contributed by atoms with Gasteiger partial charge in [0.15, 0.2) is 6.23 Å². The SMILES string of the molecule is CCOc1c(C)cc2c(cnn2C2CCCCO2)c1-c1nccc2c1sc1nc(OC[C@@]34CCCN3C[C@H](F)C4)nc(N3CCOC[C@@](C)(O)C3)c12. The van der Waals surface area contributed by atoms with Gasteiger partial charge in [0.25, 0.3) is 0 Å². The Hall–Kier alpha value is -3.69. The van der Waals surface area contributed by atoms with Crippen molar-refractivity contribution in [1.82, 2.24) is 29.6 Å². The van der Waals surface area contributed by atoms with Crippen LogP contribution in [0.2, 0.25) is 0 Å². The number of fused-ring (bicyclic) bond motifs is 5. The highest BCUT2D eigenvalue weighted by molar-refractivity contribution is 7.26. The Morgan fingerprint density at radius 2 is 2.04 bits per heavy atom. The maximum atomic E-state index is 14.6. The summed E-state index contributed by atoms with van der Waals surface area (Å²) < 4.78 is 42.4. The van der Waals surface area contributed by atoms with Crippen molar-refractivity contribution in [3.63, 3.8) is 0 Å². The molecule has 4 aromatic heterocycles. The number of aryl methyl sites for hydroxylation is 1. The molecule has 4 aliphatic rings. The molecule has 5 aromatic rings. The molecule has 4 saturated heterocycles. The van der Waals surface area contributed by atoms with Gasteiger partial charge in [-0.3, -0.25) is 9.88 Å². The quantitative estimate of drug-likeness (QED) is 0.196. The molecular weight excluding hydrogens is 686 g/mol. The monoisotopic (exact) mass is 731 g/mol. The lowest BCUT2D eigenvalue weighted by atomic mass is 9.95. The van der Waals surface area contributed by atoms with E-state index in [1.54, 1.807) is 18.3 Å². The summed E-state index contributed by atoms with van der Waals surface area (Å²) in [6, 6.07) is 4.40. The molecular formula is C38H46FN7O5S. The van der Waals surface area contributed by atoms with Crippen LogP contribution in [0.4, 0.5) is 10.2 Å². The average Bonchev–Trinajstić information content (AvgIpc) is 3.87. The summed E-state index contributed by atoms with van der Waals surface area (Å²) >= 11 is 1.54. The lowest BCUT2D eigenvalue weighted by Crippen LogP contribution is -2.43. The fourth-order valence-corrected chi connectivity index (χ4v) is 10.0. The first kappa shape index (κ1) is 34.1. The van der Waals surface area contributed by atoms with Crippen LogP contribution in [0.5, 0.6) is 11.8 Å². The summed E-state index contributed by atoms with van der Waals surface area (Å²) in [4.78, 5) is 20.2. The lowest BCUT2D eigenvalue weighted by Gasteiger charge is -2.31. The Balaban J connectivity index is 1.22. The van der Waals surface area contributed by atoms with Gasteiger partial charge >= 0.3 is 6.01 Å². The van der Waals surface area contributed by atoms with Crippen LogP contribution in [-0.2, 0) is 9.47 Å². The summed E-state index contributed by atoms with van der Waals surface area (Å²) in [6.07, 6.45) is 8.22. The number of hydrogen-bond acceptors (Lipinski definition) is 12. The number of rotatable bonds is 8. The Labute approximate surface area is 305 Å². The van der Waals surface area contributed by atoms with Crippen molar-refractivity contribution in [2.45, 2.75) is 82.8 Å². The molecule has 0 amide bonds. The van der Waals surface area contributed by atoms with Crippen molar-refractivity contribution >= 4 is 48.4 Å². The Morgan fingerprint density at radius 1 is 1.13 bits per heavy atom. The Bertz CT molecular complexity index is 2130. The molecule has 0 saturated carbocycles. The Kier molecular flexibility index (Phi) is 8.73.